The van der Waals surface area contributed by atoms with Crippen LogP contribution in [-0.4, -0.2) is 6.54 Å². The van der Waals surface area contributed by atoms with Crippen LogP contribution in [0, 0.1) is 5.92 Å². The lowest BCUT2D eigenvalue weighted by atomic mass is 9.92. The Labute approximate surface area is 135 Å². The van der Waals surface area contributed by atoms with E-state index in [0.29, 0.717) is 0 Å². The summed E-state index contributed by atoms with van der Waals surface area (Å²) in [6, 6.07) is 0. The van der Waals surface area contributed by atoms with Crippen LogP contribution < -0.4 is 18.0 Å². The first kappa shape index (κ1) is 25.8. The molecule has 1 atom stereocenters. The van der Waals surface area contributed by atoms with Crippen LogP contribution in [0.3, 0.4) is 0 Å². The molecular formula is C18H45N3. The molecule has 3 nitrogen and oxygen atoms in total. The fourth-order valence-corrected chi connectivity index (χ4v) is 2.99. The predicted molar refractivity (Wildman–Crippen MR) is 98.6 cm³/mol. The van der Waals surface area contributed by atoms with E-state index in [-0.39, 0.29) is 12.3 Å². The normalized spacial score (nSPS) is 11.6. The lowest BCUT2D eigenvalue weighted by molar-refractivity contribution is 0.386. The summed E-state index contributed by atoms with van der Waals surface area (Å²) in [7, 11) is 0. The van der Waals surface area contributed by atoms with Crippen molar-refractivity contribution in [2.45, 2.75) is 104 Å². The number of nitrogens with two attached hydrogens (primary N) is 1. The molecule has 0 saturated heterocycles. The lowest BCUT2D eigenvalue weighted by Gasteiger charge is -2.15. The zero-order valence-corrected chi connectivity index (χ0v) is 15.2. The molecule has 132 valence electrons. The second-order valence-electron chi connectivity index (χ2n) is 6.20. The minimum absolute atomic E-state index is 0. The van der Waals surface area contributed by atoms with Crippen LogP contribution in [0.1, 0.15) is 104 Å². The van der Waals surface area contributed by atoms with Gasteiger partial charge >= 0.3 is 0 Å². The van der Waals surface area contributed by atoms with Crippen molar-refractivity contribution in [2.75, 3.05) is 6.54 Å². The molecule has 0 aliphatic heterocycles. The first-order valence-corrected chi connectivity index (χ1v) is 9.05. The number of hydrogen-bond donors (Lipinski definition) is 3. The van der Waals surface area contributed by atoms with Gasteiger partial charge in [0.15, 0.2) is 0 Å². The summed E-state index contributed by atoms with van der Waals surface area (Å²) in [5.41, 5.74) is 5.62. The topological polar surface area (TPSA) is 96.0 Å². The summed E-state index contributed by atoms with van der Waals surface area (Å²) in [4.78, 5) is 0. The molecule has 0 fully saturated rings. The maximum atomic E-state index is 5.62. The molecule has 3 heteroatoms. The van der Waals surface area contributed by atoms with Crippen molar-refractivity contribution in [3.63, 3.8) is 0 Å². The van der Waals surface area contributed by atoms with Gasteiger partial charge in [-0.1, -0.05) is 90.9 Å². The average molecular weight is 304 g/mol. The zero-order valence-electron chi connectivity index (χ0n) is 15.2. The van der Waals surface area contributed by atoms with Crippen LogP contribution in [0.2, 0.25) is 0 Å². The van der Waals surface area contributed by atoms with Crippen molar-refractivity contribution in [1.82, 2.24) is 12.3 Å². The van der Waals surface area contributed by atoms with Crippen molar-refractivity contribution in [1.29, 1.82) is 0 Å². The van der Waals surface area contributed by atoms with E-state index in [4.69, 9.17) is 5.73 Å². The van der Waals surface area contributed by atoms with E-state index < -0.39 is 0 Å². The van der Waals surface area contributed by atoms with E-state index in [1.807, 2.05) is 0 Å². The molecule has 0 aromatic heterocycles. The number of rotatable bonds is 15. The third kappa shape index (κ3) is 19.9. The highest BCUT2D eigenvalue weighted by molar-refractivity contribution is 4.60. The highest BCUT2D eigenvalue weighted by Crippen LogP contribution is 2.21. The quantitative estimate of drug-likeness (QED) is 0.306. The van der Waals surface area contributed by atoms with Crippen molar-refractivity contribution in [2.24, 2.45) is 11.7 Å². The molecule has 0 aliphatic carbocycles. The fraction of sp³-hybridized carbons (Fsp3) is 1.00. The summed E-state index contributed by atoms with van der Waals surface area (Å²) in [5, 5.41) is 0. The molecule has 21 heavy (non-hydrogen) atoms. The Bertz CT molecular complexity index is 163. The van der Waals surface area contributed by atoms with Crippen LogP contribution in [0.5, 0.6) is 0 Å². The van der Waals surface area contributed by atoms with Crippen molar-refractivity contribution in [3.05, 3.63) is 0 Å². The first-order valence-electron chi connectivity index (χ1n) is 9.05. The Morgan fingerprint density at radius 1 is 0.571 bits per heavy atom. The minimum atomic E-state index is 0. The van der Waals surface area contributed by atoms with E-state index in [9.17, 15) is 0 Å². The van der Waals surface area contributed by atoms with Crippen molar-refractivity contribution in [3.8, 4) is 0 Å². The smallest absolute Gasteiger partial charge is 0.00772 e. The SMILES string of the molecule is CCCCCCCCCCCC(CCC)CCCN.N.N. The van der Waals surface area contributed by atoms with E-state index in [1.54, 1.807) is 0 Å². The molecule has 0 aliphatic rings. The van der Waals surface area contributed by atoms with E-state index in [0.717, 1.165) is 12.5 Å². The van der Waals surface area contributed by atoms with Crippen molar-refractivity contribution < 1.29 is 0 Å². The Kier molecular flexibility index (Phi) is 27.2. The van der Waals surface area contributed by atoms with Crippen LogP contribution >= 0.6 is 0 Å². The van der Waals surface area contributed by atoms with Gasteiger partial charge in [-0.3, -0.25) is 0 Å². The molecule has 0 radical (unpaired) electrons. The zero-order chi connectivity index (χ0) is 14.2. The minimum Gasteiger partial charge on any atom is -0.344 e. The van der Waals surface area contributed by atoms with Gasteiger partial charge in [0.05, 0.1) is 0 Å². The van der Waals surface area contributed by atoms with Gasteiger partial charge < -0.3 is 18.0 Å². The summed E-state index contributed by atoms with van der Waals surface area (Å²) >= 11 is 0. The standard InChI is InChI=1S/C18H39N.2H3N/c1-3-5-6-7-8-9-10-11-12-15-18(14-4-2)16-13-17-19;;/h18H,3-17,19H2,1-2H3;2*1H3. The molecule has 0 saturated carbocycles. The average Bonchev–Trinajstić information content (AvgIpc) is 2.42. The number of hydrogen-bond acceptors (Lipinski definition) is 3. The third-order valence-corrected chi connectivity index (χ3v) is 4.23. The molecule has 1 unspecified atom stereocenters. The van der Waals surface area contributed by atoms with Gasteiger partial charge in [0.2, 0.25) is 0 Å². The fourth-order valence-electron chi connectivity index (χ4n) is 2.99. The molecule has 0 aromatic rings. The molecule has 0 spiro atoms. The van der Waals surface area contributed by atoms with Gasteiger partial charge in [0.25, 0.3) is 0 Å². The van der Waals surface area contributed by atoms with Gasteiger partial charge in [0.1, 0.15) is 0 Å². The second kappa shape index (κ2) is 22.2. The van der Waals surface area contributed by atoms with Crippen LogP contribution in [-0.2, 0) is 0 Å². The van der Waals surface area contributed by atoms with Gasteiger partial charge in [-0.2, -0.15) is 0 Å². The predicted octanol–water partition coefficient (Wildman–Crippen LogP) is 6.39. The third-order valence-electron chi connectivity index (χ3n) is 4.23. The van der Waals surface area contributed by atoms with Gasteiger partial charge in [0, 0.05) is 0 Å². The summed E-state index contributed by atoms with van der Waals surface area (Å²) < 4.78 is 0. The van der Waals surface area contributed by atoms with Crippen LogP contribution in [0.15, 0.2) is 0 Å². The molecule has 0 rings (SSSR count). The van der Waals surface area contributed by atoms with Gasteiger partial charge in [-0.25, -0.2) is 0 Å². The molecule has 0 heterocycles. The molecule has 0 amide bonds. The monoisotopic (exact) mass is 303 g/mol. The summed E-state index contributed by atoms with van der Waals surface area (Å²) in [6.45, 7) is 5.47. The highest BCUT2D eigenvalue weighted by Gasteiger charge is 2.06. The maximum absolute atomic E-state index is 5.62. The Morgan fingerprint density at radius 2 is 1.05 bits per heavy atom. The lowest BCUT2D eigenvalue weighted by Crippen LogP contribution is -2.05. The molecular weight excluding hydrogens is 258 g/mol. The number of unbranched alkanes of at least 4 members (excludes halogenated alkanes) is 8. The van der Waals surface area contributed by atoms with E-state index in [1.165, 1.54) is 89.9 Å². The largest absolute Gasteiger partial charge is 0.344 e. The summed E-state index contributed by atoms with van der Waals surface area (Å²) in [5.74, 6) is 0.957. The van der Waals surface area contributed by atoms with E-state index >= 15 is 0 Å². The maximum Gasteiger partial charge on any atom is -0.00772 e. The van der Waals surface area contributed by atoms with Crippen molar-refractivity contribution >= 4 is 0 Å². The van der Waals surface area contributed by atoms with Crippen LogP contribution in [0.4, 0.5) is 0 Å². The molecule has 0 aromatic carbocycles. The first-order chi connectivity index (χ1) is 9.35. The Morgan fingerprint density at radius 3 is 1.52 bits per heavy atom. The van der Waals surface area contributed by atoms with Crippen LogP contribution in [0.25, 0.3) is 0 Å². The second-order valence-corrected chi connectivity index (χ2v) is 6.20. The Hall–Kier alpha value is -0.120. The summed E-state index contributed by atoms with van der Waals surface area (Å²) in [6.07, 6.45) is 19.8. The Balaban J connectivity index is -0.00000162. The molecule has 8 N–H and O–H groups in total. The molecule has 0 bridgehead atoms. The highest BCUT2D eigenvalue weighted by atomic mass is 14.5. The van der Waals surface area contributed by atoms with Gasteiger partial charge in [-0.15, -0.1) is 0 Å². The van der Waals surface area contributed by atoms with E-state index in [2.05, 4.69) is 13.8 Å². The van der Waals surface area contributed by atoms with Gasteiger partial charge in [-0.05, 0) is 25.3 Å².